The van der Waals surface area contributed by atoms with Gasteiger partial charge in [-0.1, -0.05) is 0 Å². The zero-order valence-electron chi connectivity index (χ0n) is 10.9. The fourth-order valence-electron chi connectivity index (χ4n) is 1.33. The second-order valence-electron chi connectivity index (χ2n) is 4.26. The van der Waals surface area contributed by atoms with Crippen molar-refractivity contribution < 1.29 is 23.5 Å². The first kappa shape index (κ1) is 14.2. The van der Waals surface area contributed by atoms with Gasteiger partial charge in [-0.05, 0) is 19.9 Å². The summed E-state index contributed by atoms with van der Waals surface area (Å²) >= 11 is 0. The topological polar surface area (TPSA) is 77.8 Å². The molecule has 18 heavy (non-hydrogen) atoms. The van der Waals surface area contributed by atoms with E-state index in [1.165, 1.54) is 20.5 Å². The molecule has 0 aliphatic carbocycles. The van der Waals surface area contributed by atoms with Gasteiger partial charge in [0, 0.05) is 0 Å². The zero-order chi connectivity index (χ0) is 13.8. The van der Waals surface area contributed by atoms with Crippen LogP contribution in [0.3, 0.4) is 0 Å². The van der Waals surface area contributed by atoms with Crippen molar-refractivity contribution in [3.05, 3.63) is 23.7 Å². The van der Waals surface area contributed by atoms with E-state index >= 15 is 0 Å². The molecule has 0 aliphatic rings. The number of hydrogen-bond acceptors (Lipinski definition) is 6. The Labute approximate surface area is 105 Å². The highest BCUT2D eigenvalue weighted by Gasteiger charge is 2.28. The van der Waals surface area contributed by atoms with Crippen molar-refractivity contribution in [2.45, 2.75) is 25.9 Å². The van der Waals surface area contributed by atoms with E-state index in [2.05, 4.69) is 14.8 Å². The number of hydrogen-bond donors (Lipinski definition) is 1. The smallest absolute Gasteiger partial charge is 0.341 e. The van der Waals surface area contributed by atoms with Crippen LogP contribution in [-0.2, 0) is 20.8 Å². The first-order chi connectivity index (χ1) is 8.40. The summed E-state index contributed by atoms with van der Waals surface area (Å²) in [5.41, 5.74) is -0.488. The molecule has 1 rings (SSSR count). The van der Waals surface area contributed by atoms with Crippen LogP contribution in [0.2, 0.25) is 0 Å². The van der Waals surface area contributed by atoms with E-state index in [-0.39, 0.29) is 5.97 Å². The van der Waals surface area contributed by atoms with Gasteiger partial charge >= 0.3 is 11.9 Å². The number of ether oxygens (including phenoxy) is 2. The molecule has 100 valence electrons. The van der Waals surface area contributed by atoms with Gasteiger partial charge in [0.05, 0.1) is 26.3 Å². The van der Waals surface area contributed by atoms with Gasteiger partial charge in [0.1, 0.15) is 17.6 Å². The second-order valence-corrected chi connectivity index (χ2v) is 4.26. The monoisotopic (exact) mass is 255 g/mol. The molecule has 6 nitrogen and oxygen atoms in total. The molecule has 0 bridgehead atoms. The summed E-state index contributed by atoms with van der Waals surface area (Å²) < 4.78 is 14.4. The molecular weight excluding hydrogens is 238 g/mol. The molecule has 6 heteroatoms. The van der Waals surface area contributed by atoms with Crippen LogP contribution in [0.1, 0.15) is 30.0 Å². The highest BCUT2D eigenvalue weighted by atomic mass is 16.5. The van der Waals surface area contributed by atoms with Gasteiger partial charge in [0.15, 0.2) is 0 Å². The van der Waals surface area contributed by atoms with E-state index in [1.54, 1.807) is 19.9 Å². The third-order valence-corrected chi connectivity index (χ3v) is 2.48. The van der Waals surface area contributed by atoms with Gasteiger partial charge in [0.2, 0.25) is 0 Å². The van der Waals surface area contributed by atoms with Crippen molar-refractivity contribution in [2.75, 3.05) is 14.2 Å². The maximum Gasteiger partial charge on any atom is 0.341 e. The van der Waals surface area contributed by atoms with Crippen molar-refractivity contribution in [3.63, 3.8) is 0 Å². The van der Waals surface area contributed by atoms with Gasteiger partial charge in [0.25, 0.3) is 0 Å². The van der Waals surface area contributed by atoms with Crippen molar-refractivity contribution in [2.24, 2.45) is 0 Å². The van der Waals surface area contributed by atoms with Crippen LogP contribution in [0.5, 0.6) is 0 Å². The average Bonchev–Trinajstić information content (AvgIpc) is 2.83. The minimum atomic E-state index is -0.826. The SMILES string of the molecule is COC(=O)c1coc(CNC(C)(C)C(=O)OC)c1. The minimum absolute atomic E-state index is 0.305. The number of carbonyl (C=O) groups excluding carboxylic acids is 2. The molecule has 0 fully saturated rings. The predicted octanol–water partition coefficient (Wildman–Crippen LogP) is 1.11. The molecule has 1 aromatic rings. The first-order valence-corrected chi connectivity index (χ1v) is 5.40. The molecule has 0 radical (unpaired) electrons. The molecular formula is C12H17NO5. The lowest BCUT2D eigenvalue weighted by Crippen LogP contribution is -2.46. The number of rotatable bonds is 5. The Bertz CT molecular complexity index is 435. The van der Waals surface area contributed by atoms with Crippen molar-refractivity contribution in [1.29, 1.82) is 0 Å². The van der Waals surface area contributed by atoms with Crippen LogP contribution in [0.25, 0.3) is 0 Å². The quantitative estimate of drug-likeness (QED) is 0.794. The molecule has 0 spiro atoms. The molecule has 0 aromatic carbocycles. The van der Waals surface area contributed by atoms with Gasteiger partial charge in [-0.3, -0.25) is 10.1 Å². The van der Waals surface area contributed by atoms with E-state index < -0.39 is 11.5 Å². The maximum absolute atomic E-state index is 11.4. The predicted molar refractivity (Wildman–Crippen MR) is 63.0 cm³/mol. The summed E-state index contributed by atoms with van der Waals surface area (Å²) in [6.07, 6.45) is 1.31. The van der Waals surface area contributed by atoms with Crippen molar-refractivity contribution >= 4 is 11.9 Å². The maximum atomic E-state index is 11.4. The molecule has 0 unspecified atom stereocenters. The minimum Gasteiger partial charge on any atom is -0.468 e. The molecule has 1 aromatic heterocycles. The summed E-state index contributed by atoms with van der Waals surface area (Å²) in [6, 6.07) is 1.56. The Morgan fingerprint density at radius 1 is 1.33 bits per heavy atom. The van der Waals surface area contributed by atoms with Crippen LogP contribution < -0.4 is 5.32 Å². The van der Waals surface area contributed by atoms with Crippen LogP contribution in [0, 0.1) is 0 Å². The highest BCUT2D eigenvalue weighted by Crippen LogP contribution is 2.11. The lowest BCUT2D eigenvalue weighted by atomic mass is 10.1. The molecule has 1 heterocycles. The van der Waals surface area contributed by atoms with Crippen LogP contribution >= 0.6 is 0 Å². The summed E-state index contributed by atoms with van der Waals surface area (Å²) in [6.45, 7) is 3.70. The number of nitrogens with one attached hydrogen (secondary N) is 1. The highest BCUT2D eigenvalue weighted by molar-refractivity contribution is 5.89. The van der Waals surface area contributed by atoms with Gasteiger partial charge in [-0.2, -0.15) is 0 Å². The molecule has 0 amide bonds. The van der Waals surface area contributed by atoms with E-state index in [9.17, 15) is 9.59 Å². The normalized spacial score (nSPS) is 11.1. The van der Waals surface area contributed by atoms with E-state index in [4.69, 9.17) is 4.42 Å². The molecule has 0 saturated heterocycles. The van der Waals surface area contributed by atoms with Crippen LogP contribution in [0.4, 0.5) is 0 Å². The number of methoxy groups -OCH3 is 2. The third kappa shape index (κ3) is 3.33. The van der Waals surface area contributed by atoms with E-state index in [0.717, 1.165) is 0 Å². The van der Waals surface area contributed by atoms with Crippen LogP contribution in [-0.4, -0.2) is 31.7 Å². The van der Waals surface area contributed by atoms with Gasteiger partial charge in [-0.15, -0.1) is 0 Å². The molecule has 0 saturated carbocycles. The lowest BCUT2D eigenvalue weighted by molar-refractivity contribution is -0.147. The van der Waals surface area contributed by atoms with Gasteiger partial charge < -0.3 is 13.9 Å². The zero-order valence-corrected chi connectivity index (χ0v) is 10.9. The van der Waals surface area contributed by atoms with Crippen LogP contribution in [0.15, 0.2) is 16.7 Å². The Kier molecular flexibility index (Phi) is 4.49. The third-order valence-electron chi connectivity index (χ3n) is 2.48. The van der Waals surface area contributed by atoms with E-state index in [0.29, 0.717) is 17.9 Å². The Hall–Kier alpha value is -1.82. The van der Waals surface area contributed by atoms with E-state index in [1.807, 2.05) is 0 Å². The number of carbonyl (C=O) groups is 2. The number of esters is 2. The van der Waals surface area contributed by atoms with Crippen molar-refractivity contribution in [1.82, 2.24) is 5.32 Å². The molecule has 0 atom stereocenters. The van der Waals surface area contributed by atoms with Gasteiger partial charge in [-0.25, -0.2) is 4.79 Å². The summed E-state index contributed by atoms with van der Waals surface area (Å²) in [4.78, 5) is 22.6. The Morgan fingerprint density at radius 3 is 2.56 bits per heavy atom. The molecule has 1 N–H and O–H groups in total. The number of furan rings is 1. The Morgan fingerprint density at radius 2 is 2.00 bits per heavy atom. The lowest BCUT2D eigenvalue weighted by Gasteiger charge is -2.22. The molecule has 0 aliphatic heterocycles. The second kappa shape index (κ2) is 5.68. The summed E-state index contributed by atoms with van der Waals surface area (Å²) in [5, 5.41) is 2.98. The summed E-state index contributed by atoms with van der Waals surface area (Å²) in [7, 11) is 2.63. The van der Waals surface area contributed by atoms with Crippen molar-refractivity contribution in [3.8, 4) is 0 Å². The summed E-state index contributed by atoms with van der Waals surface area (Å²) in [5.74, 6) is -0.299. The first-order valence-electron chi connectivity index (χ1n) is 5.40. The fourth-order valence-corrected chi connectivity index (χ4v) is 1.33. The average molecular weight is 255 g/mol. The fraction of sp³-hybridized carbons (Fsp3) is 0.500. The Balaban J connectivity index is 2.61. The largest absolute Gasteiger partial charge is 0.468 e. The standard InChI is InChI=1S/C12H17NO5/c1-12(2,11(15)17-4)13-6-9-5-8(7-18-9)10(14)16-3/h5,7,13H,6H2,1-4H3.